The SMILES string of the molecule is O=C(O)c1ccc(NC(=O)c2ccc(N3C(=O)[C@@H]4[C@H]5C[C@@H]([C@@H](Br)[C@H]5Br)[C@H]4C3=O)cc2)cc1. The number of halogens is 2. The van der Waals surface area contributed by atoms with Crippen LogP contribution in [0.1, 0.15) is 27.1 Å². The van der Waals surface area contributed by atoms with Crippen LogP contribution in [0.4, 0.5) is 11.4 Å². The molecule has 1 aliphatic heterocycles. The second-order valence-electron chi connectivity index (χ2n) is 8.40. The van der Waals surface area contributed by atoms with Crippen LogP contribution in [-0.2, 0) is 9.59 Å². The van der Waals surface area contributed by atoms with Gasteiger partial charge in [0.15, 0.2) is 0 Å². The van der Waals surface area contributed by atoms with Gasteiger partial charge in [-0.15, -0.1) is 0 Å². The maximum atomic E-state index is 13.1. The Labute approximate surface area is 200 Å². The fraction of sp³-hybridized carbons (Fsp3) is 0.304. The summed E-state index contributed by atoms with van der Waals surface area (Å²) in [4.78, 5) is 51.3. The van der Waals surface area contributed by atoms with Crippen LogP contribution in [-0.4, -0.2) is 38.5 Å². The molecule has 0 radical (unpaired) electrons. The van der Waals surface area contributed by atoms with E-state index >= 15 is 0 Å². The van der Waals surface area contributed by atoms with E-state index in [0.29, 0.717) is 16.9 Å². The van der Waals surface area contributed by atoms with Crippen LogP contribution in [0.5, 0.6) is 0 Å². The largest absolute Gasteiger partial charge is 0.478 e. The van der Waals surface area contributed by atoms with E-state index in [1.54, 1.807) is 24.3 Å². The molecule has 1 saturated heterocycles. The first kappa shape index (κ1) is 21.3. The van der Waals surface area contributed by atoms with E-state index in [1.807, 2.05) is 0 Å². The van der Waals surface area contributed by atoms with Crippen molar-refractivity contribution < 1.29 is 24.3 Å². The van der Waals surface area contributed by atoms with Crippen molar-refractivity contribution in [2.45, 2.75) is 16.1 Å². The molecule has 3 fully saturated rings. The number of anilines is 2. The molecule has 9 heteroatoms. The van der Waals surface area contributed by atoms with E-state index in [4.69, 9.17) is 5.11 Å². The predicted molar refractivity (Wildman–Crippen MR) is 124 cm³/mol. The number of hydrogen-bond donors (Lipinski definition) is 2. The van der Waals surface area contributed by atoms with Crippen molar-refractivity contribution >= 4 is 66.9 Å². The molecule has 3 amide bonds. The van der Waals surface area contributed by atoms with Gasteiger partial charge in [0.05, 0.1) is 23.1 Å². The Morgan fingerprint density at radius 1 is 0.844 bits per heavy atom. The third kappa shape index (κ3) is 3.21. The molecule has 0 spiro atoms. The highest BCUT2D eigenvalue weighted by atomic mass is 79.9. The predicted octanol–water partition coefficient (Wildman–Crippen LogP) is 3.92. The Morgan fingerprint density at radius 2 is 1.34 bits per heavy atom. The standard InChI is InChI=1S/C23H18Br2N2O5/c24-18-14-9-15(19(18)25)17-16(14)21(29)27(22(17)30)13-7-3-10(4-8-13)20(28)26-12-5-1-11(2-6-12)23(31)32/h1-8,14-19H,9H2,(H,26,28)(H,31,32)/t14-,15-,16-,17-,18-,19+/m1/s1. The first-order valence-corrected chi connectivity index (χ1v) is 12.0. The van der Waals surface area contributed by atoms with E-state index in [0.717, 1.165) is 6.42 Å². The highest BCUT2D eigenvalue weighted by molar-refractivity contribution is 9.12. The van der Waals surface area contributed by atoms with Crippen molar-refractivity contribution in [2.24, 2.45) is 23.7 Å². The van der Waals surface area contributed by atoms with E-state index in [2.05, 4.69) is 37.2 Å². The lowest BCUT2D eigenvalue weighted by Gasteiger charge is -2.28. The zero-order valence-electron chi connectivity index (χ0n) is 16.6. The molecule has 32 heavy (non-hydrogen) atoms. The lowest BCUT2D eigenvalue weighted by Crippen LogP contribution is -2.37. The van der Waals surface area contributed by atoms with Crippen molar-refractivity contribution in [2.75, 3.05) is 10.2 Å². The maximum absolute atomic E-state index is 13.1. The summed E-state index contributed by atoms with van der Waals surface area (Å²) in [5.74, 6) is -2.02. The molecule has 2 saturated carbocycles. The zero-order valence-corrected chi connectivity index (χ0v) is 19.7. The first-order chi connectivity index (χ1) is 15.3. The third-order valence-electron chi connectivity index (χ3n) is 6.76. The van der Waals surface area contributed by atoms with Gasteiger partial charge in [-0.3, -0.25) is 19.3 Å². The van der Waals surface area contributed by atoms with Crippen LogP contribution < -0.4 is 10.2 Å². The monoisotopic (exact) mass is 560 g/mol. The molecule has 0 aromatic heterocycles. The maximum Gasteiger partial charge on any atom is 0.335 e. The molecular weight excluding hydrogens is 544 g/mol. The van der Waals surface area contributed by atoms with Crippen LogP contribution in [0.2, 0.25) is 0 Å². The Bertz CT molecular complexity index is 1100. The molecule has 2 aromatic rings. The minimum Gasteiger partial charge on any atom is -0.478 e. The van der Waals surface area contributed by atoms with Gasteiger partial charge in [-0.25, -0.2) is 4.79 Å². The smallest absolute Gasteiger partial charge is 0.335 e. The van der Waals surface area contributed by atoms with Gasteiger partial charge in [-0.05, 0) is 66.8 Å². The molecule has 164 valence electrons. The number of alkyl halides is 2. The normalized spacial score (nSPS) is 30.5. The highest BCUT2D eigenvalue weighted by Gasteiger charge is 2.66. The molecule has 5 rings (SSSR count). The lowest BCUT2D eigenvalue weighted by atomic mass is 9.81. The number of aromatic carboxylic acids is 1. The molecular formula is C23H18Br2N2O5. The fourth-order valence-corrected chi connectivity index (χ4v) is 7.14. The van der Waals surface area contributed by atoms with Crippen molar-refractivity contribution in [3.8, 4) is 0 Å². The number of carbonyl (C=O) groups is 4. The summed E-state index contributed by atoms with van der Waals surface area (Å²) in [7, 11) is 0. The summed E-state index contributed by atoms with van der Waals surface area (Å²) in [5, 5.41) is 11.7. The fourth-order valence-electron chi connectivity index (χ4n) is 5.26. The zero-order chi connectivity index (χ0) is 22.7. The molecule has 2 N–H and O–H groups in total. The topological polar surface area (TPSA) is 104 Å². The molecule has 0 unspecified atom stereocenters. The van der Waals surface area contributed by atoms with Crippen molar-refractivity contribution in [3.63, 3.8) is 0 Å². The van der Waals surface area contributed by atoms with Crippen LogP contribution in [0.15, 0.2) is 48.5 Å². The molecule has 6 atom stereocenters. The number of hydrogen-bond acceptors (Lipinski definition) is 4. The van der Waals surface area contributed by atoms with Gasteiger partial charge in [0, 0.05) is 20.9 Å². The van der Waals surface area contributed by atoms with E-state index in [1.165, 1.54) is 29.2 Å². The Kier molecular flexibility index (Phi) is 5.21. The van der Waals surface area contributed by atoms with Crippen molar-refractivity contribution in [3.05, 3.63) is 59.7 Å². The molecule has 7 nitrogen and oxygen atoms in total. The Balaban J connectivity index is 1.32. The number of carbonyl (C=O) groups excluding carboxylic acids is 3. The molecule has 1 heterocycles. The Hall–Kier alpha value is -2.52. The van der Waals surface area contributed by atoms with E-state index in [9.17, 15) is 19.2 Å². The van der Waals surface area contributed by atoms with Crippen LogP contribution in [0, 0.1) is 23.7 Å². The first-order valence-electron chi connectivity index (χ1n) is 10.2. The minimum atomic E-state index is -1.04. The van der Waals surface area contributed by atoms with Gasteiger partial charge in [0.2, 0.25) is 11.8 Å². The average molecular weight is 562 g/mol. The van der Waals surface area contributed by atoms with E-state index in [-0.39, 0.29) is 56.6 Å². The summed E-state index contributed by atoms with van der Waals surface area (Å²) in [6.07, 6.45) is 0.874. The summed E-state index contributed by atoms with van der Waals surface area (Å²) >= 11 is 7.36. The molecule has 2 bridgehead atoms. The number of carboxylic acid groups (broad SMARTS) is 1. The summed E-state index contributed by atoms with van der Waals surface area (Å²) in [5.41, 5.74) is 1.42. The summed E-state index contributed by atoms with van der Waals surface area (Å²) in [6.45, 7) is 0. The number of benzene rings is 2. The number of rotatable bonds is 4. The van der Waals surface area contributed by atoms with Crippen LogP contribution in [0.25, 0.3) is 0 Å². The quantitative estimate of drug-likeness (QED) is 0.435. The minimum absolute atomic E-state index is 0.128. The number of amides is 3. The average Bonchev–Trinajstić information content (AvgIpc) is 3.39. The van der Waals surface area contributed by atoms with Crippen LogP contribution >= 0.6 is 31.9 Å². The number of imide groups is 1. The highest BCUT2D eigenvalue weighted by Crippen LogP contribution is 2.60. The van der Waals surface area contributed by atoms with Gasteiger partial charge in [0.1, 0.15) is 0 Å². The van der Waals surface area contributed by atoms with Crippen molar-refractivity contribution in [1.82, 2.24) is 0 Å². The number of nitrogens with zero attached hydrogens (tertiary/aromatic N) is 1. The van der Waals surface area contributed by atoms with Crippen molar-refractivity contribution in [1.29, 1.82) is 0 Å². The summed E-state index contributed by atoms with van der Waals surface area (Å²) < 4.78 is 0. The molecule has 2 aliphatic carbocycles. The number of fused-ring (bicyclic) bond motifs is 5. The van der Waals surface area contributed by atoms with E-state index < -0.39 is 5.97 Å². The number of nitrogens with one attached hydrogen (secondary N) is 1. The Morgan fingerprint density at radius 3 is 1.84 bits per heavy atom. The second kappa shape index (κ2) is 7.81. The number of carboxylic acids is 1. The van der Waals surface area contributed by atoms with Gasteiger partial charge in [-0.2, -0.15) is 0 Å². The van der Waals surface area contributed by atoms with Gasteiger partial charge < -0.3 is 10.4 Å². The molecule has 2 aromatic carbocycles. The third-order valence-corrected chi connectivity index (χ3v) is 9.97. The van der Waals surface area contributed by atoms with Crippen LogP contribution in [0.3, 0.4) is 0 Å². The summed E-state index contributed by atoms with van der Waals surface area (Å²) in [6, 6.07) is 12.2. The molecule has 3 aliphatic rings. The van der Waals surface area contributed by atoms with Gasteiger partial charge in [0.25, 0.3) is 5.91 Å². The van der Waals surface area contributed by atoms with Gasteiger partial charge >= 0.3 is 5.97 Å². The second-order valence-corrected chi connectivity index (χ2v) is 10.5. The lowest BCUT2D eigenvalue weighted by molar-refractivity contribution is -0.123. The van der Waals surface area contributed by atoms with Gasteiger partial charge in [-0.1, -0.05) is 31.9 Å².